The molecule has 1 unspecified atom stereocenters. The van der Waals surface area contributed by atoms with Gasteiger partial charge in [0, 0.05) is 18.7 Å². The summed E-state index contributed by atoms with van der Waals surface area (Å²) in [5.41, 5.74) is 0.855. The third-order valence-corrected chi connectivity index (χ3v) is 3.76. The molecule has 1 aliphatic rings. The molecule has 6 heteroatoms. The van der Waals surface area contributed by atoms with Gasteiger partial charge in [-0.2, -0.15) is 0 Å². The molecule has 1 fully saturated rings. The number of carbonyl (C=O) groups is 1. The number of aliphatic carboxylic acids is 1. The Labute approximate surface area is 130 Å². The monoisotopic (exact) mass is 306 g/mol. The van der Waals surface area contributed by atoms with Gasteiger partial charge in [0.1, 0.15) is 12.4 Å². The number of ether oxygens (including phenoxy) is 1. The second-order valence-corrected chi connectivity index (χ2v) is 5.29. The molecule has 1 atom stereocenters. The third-order valence-electron chi connectivity index (χ3n) is 3.76. The van der Waals surface area contributed by atoms with Crippen LogP contribution in [0, 0.1) is 5.92 Å². The number of rotatable bonds is 7. The number of oxime groups is 1. The van der Waals surface area contributed by atoms with Gasteiger partial charge in [0.25, 0.3) is 0 Å². The summed E-state index contributed by atoms with van der Waals surface area (Å²) in [6.45, 7) is 2.64. The summed E-state index contributed by atoms with van der Waals surface area (Å²) in [7, 11) is 1.61. The number of carboxylic acid groups (broad SMARTS) is 1. The standard InChI is InChI=1S/C16H22N2O4/c1-21-15-7-3-2-5-13(15)11-17-22-10-9-18-8-4-6-14(12-18)16(19)20/h2-3,5,7,11,14H,4,6,8-10,12H2,1H3,(H,19,20)/b17-11+. The zero-order valence-electron chi connectivity index (χ0n) is 12.8. The van der Waals surface area contributed by atoms with E-state index in [9.17, 15) is 4.79 Å². The first-order chi connectivity index (χ1) is 10.7. The Bertz CT molecular complexity index is 519. The van der Waals surface area contributed by atoms with E-state index in [4.69, 9.17) is 14.7 Å². The van der Waals surface area contributed by atoms with E-state index in [2.05, 4.69) is 10.1 Å². The van der Waals surface area contributed by atoms with Crippen molar-refractivity contribution in [3.8, 4) is 5.75 Å². The number of carboxylic acids is 1. The fraction of sp³-hybridized carbons (Fsp3) is 0.500. The van der Waals surface area contributed by atoms with Crippen LogP contribution in [-0.2, 0) is 9.63 Å². The van der Waals surface area contributed by atoms with Crippen LogP contribution in [0.25, 0.3) is 0 Å². The number of hydrogen-bond acceptors (Lipinski definition) is 5. The quantitative estimate of drug-likeness (QED) is 0.473. The zero-order valence-corrected chi connectivity index (χ0v) is 12.8. The molecule has 1 aromatic rings. The average molecular weight is 306 g/mol. The predicted octanol–water partition coefficient (Wildman–Crippen LogP) is 1.84. The first kappa shape index (κ1) is 16.3. The van der Waals surface area contributed by atoms with Crippen molar-refractivity contribution >= 4 is 12.2 Å². The Morgan fingerprint density at radius 3 is 3.09 bits per heavy atom. The lowest BCUT2D eigenvalue weighted by Crippen LogP contribution is -2.40. The van der Waals surface area contributed by atoms with Gasteiger partial charge in [-0.05, 0) is 31.5 Å². The smallest absolute Gasteiger partial charge is 0.307 e. The summed E-state index contributed by atoms with van der Waals surface area (Å²) in [5, 5.41) is 13.0. The fourth-order valence-corrected chi connectivity index (χ4v) is 2.55. The van der Waals surface area contributed by atoms with Crippen LogP contribution in [0.1, 0.15) is 18.4 Å². The molecule has 0 saturated carbocycles. The van der Waals surface area contributed by atoms with Crippen molar-refractivity contribution in [3.05, 3.63) is 29.8 Å². The van der Waals surface area contributed by atoms with Gasteiger partial charge in [-0.3, -0.25) is 9.69 Å². The summed E-state index contributed by atoms with van der Waals surface area (Å²) in [4.78, 5) is 18.4. The number of benzene rings is 1. The number of para-hydroxylation sites is 1. The van der Waals surface area contributed by atoms with E-state index in [1.54, 1.807) is 13.3 Å². The lowest BCUT2D eigenvalue weighted by atomic mass is 9.98. The molecule has 1 N–H and O–H groups in total. The minimum absolute atomic E-state index is 0.258. The van der Waals surface area contributed by atoms with Crippen molar-refractivity contribution in [1.82, 2.24) is 4.90 Å². The fourth-order valence-electron chi connectivity index (χ4n) is 2.55. The van der Waals surface area contributed by atoms with Crippen molar-refractivity contribution in [3.63, 3.8) is 0 Å². The van der Waals surface area contributed by atoms with Crippen molar-refractivity contribution in [2.24, 2.45) is 11.1 Å². The summed E-state index contributed by atoms with van der Waals surface area (Å²) in [6.07, 6.45) is 3.30. The third kappa shape index (κ3) is 4.73. The number of nitrogens with zero attached hydrogens (tertiary/aromatic N) is 2. The maximum Gasteiger partial charge on any atom is 0.307 e. The molecule has 0 bridgehead atoms. The Morgan fingerprint density at radius 1 is 1.50 bits per heavy atom. The second-order valence-electron chi connectivity index (χ2n) is 5.29. The normalized spacial score (nSPS) is 19.2. The second kappa shape index (κ2) is 8.38. The van der Waals surface area contributed by atoms with E-state index in [0.29, 0.717) is 19.7 Å². The number of piperidine rings is 1. The maximum atomic E-state index is 11.0. The Kier molecular flexibility index (Phi) is 6.21. The lowest BCUT2D eigenvalue weighted by Gasteiger charge is -2.29. The van der Waals surface area contributed by atoms with Crippen LogP contribution in [0.15, 0.2) is 29.4 Å². The molecule has 0 aromatic heterocycles. The van der Waals surface area contributed by atoms with Gasteiger partial charge in [0.2, 0.25) is 0 Å². The van der Waals surface area contributed by atoms with Crippen LogP contribution >= 0.6 is 0 Å². The Hall–Kier alpha value is -2.08. The molecule has 0 spiro atoms. The summed E-state index contributed by atoms with van der Waals surface area (Å²) in [6, 6.07) is 7.56. The number of hydrogen-bond donors (Lipinski definition) is 1. The van der Waals surface area contributed by atoms with E-state index in [1.165, 1.54) is 0 Å². The SMILES string of the molecule is COc1ccccc1/C=N/OCCN1CCCC(C(=O)O)C1. The highest BCUT2D eigenvalue weighted by Gasteiger charge is 2.24. The van der Waals surface area contributed by atoms with Crippen LogP contribution in [0.3, 0.4) is 0 Å². The van der Waals surface area contributed by atoms with Crippen LogP contribution < -0.4 is 4.74 Å². The van der Waals surface area contributed by atoms with E-state index >= 15 is 0 Å². The lowest BCUT2D eigenvalue weighted by molar-refractivity contribution is -0.143. The Balaban J connectivity index is 1.72. The molecule has 0 aliphatic carbocycles. The molecule has 120 valence electrons. The molecule has 1 aliphatic heterocycles. The molecule has 22 heavy (non-hydrogen) atoms. The molecule has 1 aromatic carbocycles. The molecule has 1 saturated heterocycles. The number of likely N-dealkylation sites (tertiary alicyclic amines) is 1. The molecule has 0 amide bonds. The summed E-state index contributed by atoms with van der Waals surface area (Å²) >= 11 is 0. The van der Waals surface area contributed by atoms with E-state index in [1.807, 2.05) is 24.3 Å². The molecular weight excluding hydrogens is 284 g/mol. The molecule has 2 rings (SSSR count). The van der Waals surface area contributed by atoms with Crippen LogP contribution in [-0.4, -0.2) is 55.5 Å². The predicted molar refractivity (Wildman–Crippen MR) is 83.3 cm³/mol. The van der Waals surface area contributed by atoms with E-state index < -0.39 is 5.97 Å². The van der Waals surface area contributed by atoms with Crippen LogP contribution in [0.5, 0.6) is 5.75 Å². The highest BCUT2D eigenvalue weighted by molar-refractivity contribution is 5.82. The van der Waals surface area contributed by atoms with Gasteiger partial charge in [-0.1, -0.05) is 17.3 Å². The van der Waals surface area contributed by atoms with Crippen molar-refractivity contribution in [2.45, 2.75) is 12.8 Å². The molecule has 1 heterocycles. The van der Waals surface area contributed by atoms with Crippen molar-refractivity contribution in [2.75, 3.05) is 33.4 Å². The van der Waals surface area contributed by atoms with Gasteiger partial charge in [-0.25, -0.2) is 0 Å². The highest BCUT2D eigenvalue weighted by atomic mass is 16.6. The highest BCUT2D eigenvalue weighted by Crippen LogP contribution is 2.16. The maximum absolute atomic E-state index is 11.0. The minimum Gasteiger partial charge on any atom is -0.496 e. The minimum atomic E-state index is -0.709. The van der Waals surface area contributed by atoms with E-state index in [0.717, 1.165) is 30.7 Å². The van der Waals surface area contributed by atoms with Crippen molar-refractivity contribution in [1.29, 1.82) is 0 Å². The zero-order chi connectivity index (χ0) is 15.8. The summed E-state index contributed by atoms with van der Waals surface area (Å²) < 4.78 is 5.22. The first-order valence-electron chi connectivity index (χ1n) is 7.44. The van der Waals surface area contributed by atoms with Gasteiger partial charge in [0.15, 0.2) is 0 Å². The van der Waals surface area contributed by atoms with Gasteiger partial charge in [-0.15, -0.1) is 0 Å². The molecule has 0 radical (unpaired) electrons. The number of methoxy groups -OCH3 is 1. The topological polar surface area (TPSA) is 71.4 Å². The summed E-state index contributed by atoms with van der Waals surface area (Å²) in [5.74, 6) is -0.221. The van der Waals surface area contributed by atoms with Gasteiger partial charge in [0.05, 0.1) is 19.2 Å². The van der Waals surface area contributed by atoms with Crippen molar-refractivity contribution < 1.29 is 19.5 Å². The van der Waals surface area contributed by atoms with Crippen LogP contribution in [0.2, 0.25) is 0 Å². The van der Waals surface area contributed by atoms with Crippen LogP contribution in [0.4, 0.5) is 0 Å². The molecular formula is C16H22N2O4. The van der Waals surface area contributed by atoms with Gasteiger partial charge >= 0.3 is 5.97 Å². The molecule has 6 nitrogen and oxygen atoms in total. The van der Waals surface area contributed by atoms with Gasteiger partial charge < -0.3 is 14.7 Å². The first-order valence-corrected chi connectivity index (χ1v) is 7.44. The van der Waals surface area contributed by atoms with E-state index in [-0.39, 0.29) is 5.92 Å². The largest absolute Gasteiger partial charge is 0.496 e. The average Bonchev–Trinajstić information content (AvgIpc) is 2.55. The Morgan fingerprint density at radius 2 is 2.32 bits per heavy atom.